The Morgan fingerprint density at radius 3 is 2.65 bits per heavy atom. The van der Waals surface area contributed by atoms with Crippen LogP contribution in [-0.2, 0) is 11.2 Å². The third kappa shape index (κ3) is 6.02. The predicted molar refractivity (Wildman–Crippen MR) is 77.1 cm³/mol. The number of nitrogens with two attached hydrogens (primary N) is 1. The van der Waals surface area contributed by atoms with Crippen LogP contribution in [0.3, 0.4) is 0 Å². The summed E-state index contributed by atoms with van der Waals surface area (Å²) in [7, 11) is 0. The van der Waals surface area contributed by atoms with E-state index < -0.39 is 5.82 Å². The zero-order valence-corrected chi connectivity index (χ0v) is 12.3. The second-order valence-electron chi connectivity index (χ2n) is 5.27. The number of rotatable bonds is 7. The Morgan fingerprint density at radius 2 is 2.10 bits per heavy atom. The van der Waals surface area contributed by atoms with Gasteiger partial charge in [-0.05, 0) is 44.9 Å². The molecule has 5 heteroatoms. The van der Waals surface area contributed by atoms with Crippen LogP contribution >= 0.6 is 0 Å². The van der Waals surface area contributed by atoms with Crippen molar-refractivity contribution in [3.05, 3.63) is 29.6 Å². The molecule has 0 bridgehead atoms. The number of hydrogen-bond donors (Lipinski definition) is 2. The molecule has 0 aromatic heterocycles. The lowest BCUT2D eigenvalue weighted by Gasteiger charge is -2.11. The van der Waals surface area contributed by atoms with E-state index >= 15 is 0 Å². The van der Waals surface area contributed by atoms with Gasteiger partial charge in [-0.15, -0.1) is 0 Å². The van der Waals surface area contributed by atoms with Gasteiger partial charge in [-0.2, -0.15) is 0 Å². The van der Waals surface area contributed by atoms with Gasteiger partial charge in [0.25, 0.3) is 0 Å². The van der Waals surface area contributed by atoms with Crippen molar-refractivity contribution in [3.63, 3.8) is 0 Å². The van der Waals surface area contributed by atoms with E-state index in [-0.39, 0.29) is 36.8 Å². The van der Waals surface area contributed by atoms with Crippen LogP contribution in [0.25, 0.3) is 0 Å². The van der Waals surface area contributed by atoms with E-state index in [1.165, 1.54) is 6.07 Å². The molecule has 4 nitrogen and oxygen atoms in total. The third-order valence-corrected chi connectivity index (χ3v) is 2.59. The fourth-order valence-corrected chi connectivity index (χ4v) is 1.81. The first-order valence-corrected chi connectivity index (χ1v) is 6.84. The Labute approximate surface area is 119 Å². The molecule has 0 saturated heterocycles. The largest absolute Gasteiger partial charge is 0.490 e. The van der Waals surface area contributed by atoms with Crippen LogP contribution in [0.2, 0.25) is 0 Å². The van der Waals surface area contributed by atoms with Crippen molar-refractivity contribution in [2.75, 3.05) is 6.61 Å². The molecule has 3 N–H and O–H groups in total. The van der Waals surface area contributed by atoms with Gasteiger partial charge >= 0.3 is 0 Å². The molecule has 1 aromatic rings. The van der Waals surface area contributed by atoms with Crippen molar-refractivity contribution in [2.24, 2.45) is 5.73 Å². The van der Waals surface area contributed by atoms with Crippen LogP contribution in [0.5, 0.6) is 5.75 Å². The number of carbonyl (C=O) groups excluding carboxylic acids is 1. The lowest BCUT2D eigenvalue weighted by molar-refractivity contribution is -0.122. The predicted octanol–water partition coefficient (Wildman–Crippen LogP) is 2.01. The van der Waals surface area contributed by atoms with Crippen LogP contribution in [-0.4, -0.2) is 24.6 Å². The minimum absolute atomic E-state index is 0.0131. The molecule has 0 aliphatic carbocycles. The maximum atomic E-state index is 13.8. The number of nitrogens with one attached hydrogen (secondary N) is 1. The van der Waals surface area contributed by atoms with Gasteiger partial charge < -0.3 is 15.8 Å². The maximum absolute atomic E-state index is 13.8. The van der Waals surface area contributed by atoms with Crippen LogP contribution in [0.1, 0.15) is 32.8 Å². The van der Waals surface area contributed by atoms with E-state index in [2.05, 4.69) is 5.32 Å². The van der Waals surface area contributed by atoms with Gasteiger partial charge in [0.15, 0.2) is 11.6 Å². The zero-order valence-electron chi connectivity index (χ0n) is 12.3. The highest BCUT2D eigenvalue weighted by Crippen LogP contribution is 2.19. The van der Waals surface area contributed by atoms with Crippen molar-refractivity contribution in [2.45, 2.75) is 45.7 Å². The van der Waals surface area contributed by atoms with Gasteiger partial charge in [-0.25, -0.2) is 4.39 Å². The molecule has 0 aliphatic heterocycles. The van der Waals surface area contributed by atoms with Crippen molar-refractivity contribution in [1.29, 1.82) is 0 Å². The normalized spacial score (nSPS) is 12.3. The van der Waals surface area contributed by atoms with Gasteiger partial charge in [0, 0.05) is 12.1 Å². The summed E-state index contributed by atoms with van der Waals surface area (Å²) in [5.74, 6) is -0.364. The van der Waals surface area contributed by atoms with Gasteiger partial charge in [-0.1, -0.05) is 6.07 Å². The number of ether oxygens (including phenoxy) is 1. The monoisotopic (exact) mass is 282 g/mol. The Balaban J connectivity index is 2.46. The summed E-state index contributed by atoms with van der Waals surface area (Å²) in [4.78, 5) is 11.4. The molecule has 0 spiro atoms. The quantitative estimate of drug-likeness (QED) is 0.804. The zero-order chi connectivity index (χ0) is 15.1. The summed E-state index contributed by atoms with van der Waals surface area (Å²) >= 11 is 0. The molecular weight excluding hydrogens is 259 g/mol. The highest BCUT2D eigenvalue weighted by Gasteiger charge is 2.08. The lowest BCUT2D eigenvalue weighted by atomic mass is 10.1. The van der Waals surface area contributed by atoms with E-state index in [4.69, 9.17) is 10.5 Å². The summed E-state index contributed by atoms with van der Waals surface area (Å²) < 4.78 is 19.1. The van der Waals surface area contributed by atoms with Crippen molar-refractivity contribution >= 4 is 5.91 Å². The van der Waals surface area contributed by atoms with Crippen molar-refractivity contribution < 1.29 is 13.9 Å². The van der Waals surface area contributed by atoms with Gasteiger partial charge in [0.05, 0.1) is 13.0 Å². The Kier molecular flexibility index (Phi) is 6.45. The molecule has 1 atom stereocenters. The molecule has 1 amide bonds. The lowest BCUT2D eigenvalue weighted by Crippen LogP contribution is -2.31. The van der Waals surface area contributed by atoms with Gasteiger partial charge in [0.1, 0.15) is 0 Å². The van der Waals surface area contributed by atoms with Crippen LogP contribution in [0, 0.1) is 5.82 Å². The number of amides is 1. The summed E-state index contributed by atoms with van der Waals surface area (Å²) in [6.07, 6.45) is 0.827. The average Bonchev–Trinajstić information content (AvgIpc) is 2.30. The summed E-state index contributed by atoms with van der Waals surface area (Å²) in [5, 5.41) is 2.75. The first kappa shape index (κ1) is 16.4. The van der Waals surface area contributed by atoms with Crippen LogP contribution in [0.4, 0.5) is 4.39 Å². The standard InChI is InChI=1S/C15H23FN2O2/c1-10(2)18-15(19)6-7-20-14-5-4-12(8-11(3)17)9-13(14)16/h4-5,9-11H,6-8,17H2,1-3H3,(H,18,19). The number of carbonyl (C=O) groups is 1. The van der Waals surface area contributed by atoms with Crippen LogP contribution in [0.15, 0.2) is 18.2 Å². The number of hydrogen-bond acceptors (Lipinski definition) is 3. The molecular formula is C15H23FN2O2. The van der Waals surface area contributed by atoms with Crippen LogP contribution < -0.4 is 15.8 Å². The molecule has 1 rings (SSSR count). The first-order chi connectivity index (χ1) is 9.38. The highest BCUT2D eigenvalue weighted by atomic mass is 19.1. The van der Waals surface area contributed by atoms with Gasteiger partial charge in [0.2, 0.25) is 5.91 Å². The first-order valence-electron chi connectivity index (χ1n) is 6.84. The van der Waals surface area contributed by atoms with E-state index in [1.807, 2.05) is 20.8 Å². The van der Waals surface area contributed by atoms with E-state index in [9.17, 15) is 9.18 Å². The Hall–Kier alpha value is -1.62. The van der Waals surface area contributed by atoms with Crippen molar-refractivity contribution in [3.8, 4) is 5.75 Å². The molecule has 0 heterocycles. The minimum atomic E-state index is -0.424. The molecule has 20 heavy (non-hydrogen) atoms. The average molecular weight is 282 g/mol. The minimum Gasteiger partial charge on any atom is -0.490 e. The molecule has 0 fully saturated rings. The molecule has 0 aliphatic rings. The topological polar surface area (TPSA) is 64.3 Å². The Bertz CT molecular complexity index is 447. The van der Waals surface area contributed by atoms with Crippen molar-refractivity contribution in [1.82, 2.24) is 5.32 Å². The maximum Gasteiger partial charge on any atom is 0.223 e. The molecule has 1 aromatic carbocycles. The highest BCUT2D eigenvalue weighted by molar-refractivity contribution is 5.76. The number of benzene rings is 1. The van der Waals surface area contributed by atoms with E-state index in [0.717, 1.165) is 5.56 Å². The second-order valence-corrected chi connectivity index (χ2v) is 5.27. The van der Waals surface area contributed by atoms with E-state index in [1.54, 1.807) is 12.1 Å². The smallest absolute Gasteiger partial charge is 0.223 e. The Morgan fingerprint density at radius 1 is 1.40 bits per heavy atom. The molecule has 1 unspecified atom stereocenters. The fraction of sp³-hybridized carbons (Fsp3) is 0.533. The summed E-state index contributed by atoms with van der Waals surface area (Å²) in [5.41, 5.74) is 6.50. The van der Waals surface area contributed by atoms with Gasteiger partial charge in [-0.3, -0.25) is 4.79 Å². The fourth-order valence-electron chi connectivity index (χ4n) is 1.81. The summed E-state index contributed by atoms with van der Waals surface area (Å²) in [6, 6.07) is 4.87. The molecule has 0 saturated carbocycles. The second kappa shape index (κ2) is 7.85. The SMILES string of the molecule is CC(N)Cc1ccc(OCCC(=O)NC(C)C)c(F)c1. The molecule has 0 radical (unpaired) electrons. The van der Waals surface area contributed by atoms with E-state index in [0.29, 0.717) is 6.42 Å². The molecule has 112 valence electrons. The summed E-state index contributed by atoms with van der Waals surface area (Å²) in [6.45, 7) is 5.79. The third-order valence-electron chi connectivity index (χ3n) is 2.59. The number of halogens is 1.